The van der Waals surface area contributed by atoms with Crippen molar-refractivity contribution in [1.29, 1.82) is 0 Å². The molecule has 0 saturated carbocycles. The maximum atomic E-state index is 4.07. The molecular formula is C5H6N4. The van der Waals surface area contributed by atoms with Crippen molar-refractivity contribution in [2.45, 2.75) is 13.0 Å². The van der Waals surface area contributed by atoms with E-state index in [2.05, 4.69) is 15.3 Å². The molecule has 2 rings (SSSR count). The molecule has 0 N–H and O–H groups in total. The molecule has 1 aliphatic rings. The van der Waals surface area contributed by atoms with Crippen molar-refractivity contribution in [3.05, 3.63) is 6.20 Å². The van der Waals surface area contributed by atoms with E-state index in [0.29, 0.717) is 0 Å². The fraction of sp³-hybridized carbons (Fsp3) is 0.400. The van der Waals surface area contributed by atoms with Gasteiger partial charge in [-0.1, -0.05) is 5.21 Å². The number of nitrogens with zero attached hydrogens (tertiary/aromatic N) is 4. The van der Waals surface area contributed by atoms with Gasteiger partial charge >= 0.3 is 0 Å². The quantitative estimate of drug-likeness (QED) is 0.499. The van der Waals surface area contributed by atoms with Crippen LogP contribution >= 0.6 is 0 Å². The molecule has 0 aliphatic carbocycles. The van der Waals surface area contributed by atoms with Gasteiger partial charge in [0.05, 0.1) is 6.20 Å². The van der Waals surface area contributed by atoms with E-state index < -0.39 is 0 Å². The van der Waals surface area contributed by atoms with E-state index in [4.69, 9.17) is 0 Å². The molecule has 4 heteroatoms. The predicted octanol–water partition coefficient (Wildman–Crippen LogP) is 0.384. The highest BCUT2D eigenvalue weighted by Gasteiger charge is 2.03. The lowest BCUT2D eigenvalue weighted by Crippen LogP contribution is -2.03. The summed E-state index contributed by atoms with van der Waals surface area (Å²) in [7, 11) is 0. The summed E-state index contributed by atoms with van der Waals surface area (Å²) < 4.78 is 1.79. The summed E-state index contributed by atoms with van der Waals surface area (Å²) in [6.45, 7) is 0.916. The van der Waals surface area contributed by atoms with Gasteiger partial charge < -0.3 is 0 Å². The third-order valence-corrected chi connectivity index (χ3v) is 1.29. The summed E-state index contributed by atoms with van der Waals surface area (Å²) in [5, 5.41) is 7.51. The molecule has 0 fully saturated rings. The summed E-state index contributed by atoms with van der Waals surface area (Å²) in [5.41, 5.74) is 0. The summed E-state index contributed by atoms with van der Waals surface area (Å²) >= 11 is 0. The third kappa shape index (κ3) is 0.630. The van der Waals surface area contributed by atoms with Gasteiger partial charge in [0.25, 0.3) is 0 Å². The van der Waals surface area contributed by atoms with Gasteiger partial charge in [0.2, 0.25) is 0 Å². The second-order valence-electron chi connectivity index (χ2n) is 1.92. The molecule has 0 radical (unpaired) electrons. The van der Waals surface area contributed by atoms with Crippen LogP contribution in [0.3, 0.4) is 0 Å². The van der Waals surface area contributed by atoms with Crippen LogP contribution in [0.4, 0.5) is 5.82 Å². The Balaban J connectivity index is 2.53. The minimum atomic E-state index is 0.862. The molecule has 0 amide bonds. The van der Waals surface area contributed by atoms with E-state index in [-0.39, 0.29) is 0 Å². The van der Waals surface area contributed by atoms with E-state index in [0.717, 1.165) is 18.8 Å². The van der Waals surface area contributed by atoms with Crippen molar-refractivity contribution in [2.75, 3.05) is 0 Å². The molecule has 46 valence electrons. The molecule has 1 aromatic rings. The van der Waals surface area contributed by atoms with Gasteiger partial charge in [0.15, 0.2) is 5.82 Å². The van der Waals surface area contributed by atoms with Gasteiger partial charge in [-0.3, -0.25) is 0 Å². The van der Waals surface area contributed by atoms with E-state index in [1.807, 2.05) is 6.21 Å². The molecule has 0 bridgehead atoms. The molecular weight excluding hydrogens is 116 g/mol. The second kappa shape index (κ2) is 1.65. The van der Waals surface area contributed by atoms with E-state index >= 15 is 0 Å². The van der Waals surface area contributed by atoms with Gasteiger partial charge in [0.1, 0.15) is 0 Å². The average Bonchev–Trinajstić information content (AvgIpc) is 2.33. The Morgan fingerprint density at radius 2 is 2.56 bits per heavy atom. The van der Waals surface area contributed by atoms with Gasteiger partial charge in [-0.15, -0.1) is 5.10 Å². The first-order valence-corrected chi connectivity index (χ1v) is 2.88. The van der Waals surface area contributed by atoms with Gasteiger partial charge in [-0.2, -0.15) is 0 Å². The fourth-order valence-corrected chi connectivity index (χ4v) is 0.850. The molecule has 1 aromatic heterocycles. The number of rotatable bonds is 0. The first-order valence-electron chi connectivity index (χ1n) is 2.88. The molecule has 0 aromatic carbocycles. The Morgan fingerprint density at radius 1 is 1.56 bits per heavy atom. The van der Waals surface area contributed by atoms with Crippen LogP contribution in [0.15, 0.2) is 11.2 Å². The maximum Gasteiger partial charge on any atom is 0.170 e. The lowest BCUT2D eigenvalue weighted by atomic mass is 10.4. The number of aromatic nitrogens is 3. The number of aliphatic imine (C=N–C) groups is 1. The Labute approximate surface area is 52.2 Å². The van der Waals surface area contributed by atoms with Gasteiger partial charge in [-0.05, 0) is 0 Å². The topological polar surface area (TPSA) is 43.1 Å². The third-order valence-electron chi connectivity index (χ3n) is 1.29. The number of hydrogen-bond donors (Lipinski definition) is 0. The molecule has 0 spiro atoms. The van der Waals surface area contributed by atoms with Gasteiger partial charge in [0, 0.05) is 19.2 Å². The Morgan fingerprint density at radius 3 is 3.44 bits per heavy atom. The van der Waals surface area contributed by atoms with Crippen molar-refractivity contribution in [3.63, 3.8) is 0 Å². The van der Waals surface area contributed by atoms with E-state index in [9.17, 15) is 0 Å². The number of aryl methyl sites for hydroxylation is 1. The van der Waals surface area contributed by atoms with Crippen LogP contribution < -0.4 is 0 Å². The number of fused-ring (bicyclic) bond motifs is 1. The van der Waals surface area contributed by atoms with Crippen molar-refractivity contribution in [3.8, 4) is 0 Å². The highest BCUT2D eigenvalue weighted by molar-refractivity contribution is 5.62. The van der Waals surface area contributed by atoms with Crippen LogP contribution in [0.1, 0.15) is 6.42 Å². The molecule has 2 heterocycles. The maximum absolute atomic E-state index is 4.07. The van der Waals surface area contributed by atoms with Crippen LogP contribution in [-0.4, -0.2) is 21.2 Å². The van der Waals surface area contributed by atoms with Crippen molar-refractivity contribution in [1.82, 2.24) is 15.0 Å². The van der Waals surface area contributed by atoms with Crippen molar-refractivity contribution < 1.29 is 0 Å². The van der Waals surface area contributed by atoms with Gasteiger partial charge in [-0.25, -0.2) is 9.67 Å². The van der Waals surface area contributed by atoms with Crippen molar-refractivity contribution >= 4 is 12.0 Å². The normalized spacial score (nSPS) is 15.6. The Kier molecular flexibility index (Phi) is 0.855. The lowest BCUT2D eigenvalue weighted by Gasteiger charge is -2.02. The van der Waals surface area contributed by atoms with Crippen molar-refractivity contribution in [2.24, 2.45) is 4.99 Å². The van der Waals surface area contributed by atoms with Crippen LogP contribution in [-0.2, 0) is 6.54 Å². The zero-order chi connectivity index (χ0) is 6.10. The standard InChI is InChI=1S/C5H6N4/c1-2-6-5-4-7-8-9(5)3-1/h2,4H,1,3H2. The zero-order valence-corrected chi connectivity index (χ0v) is 4.86. The summed E-state index contributed by atoms with van der Waals surface area (Å²) in [5.74, 6) is 0.862. The minimum absolute atomic E-state index is 0.862. The highest BCUT2D eigenvalue weighted by Crippen LogP contribution is 2.11. The van der Waals surface area contributed by atoms with Crippen LogP contribution in [0.2, 0.25) is 0 Å². The molecule has 0 saturated heterocycles. The first kappa shape index (κ1) is 4.67. The highest BCUT2D eigenvalue weighted by atomic mass is 15.4. The summed E-state index contributed by atoms with van der Waals surface area (Å²) in [4.78, 5) is 4.07. The second-order valence-corrected chi connectivity index (χ2v) is 1.92. The minimum Gasteiger partial charge on any atom is -0.240 e. The van der Waals surface area contributed by atoms with E-state index in [1.54, 1.807) is 10.9 Å². The SMILES string of the molecule is C1=Nc2cnnn2CC1. The van der Waals surface area contributed by atoms with Crippen LogP contribution in [0.5, 0.6) is 0 Å². The fourth-order valence-electron chi connectivity index (χ4n) is 0.850. The summed E-state index contributed by atoms with van der Waals surface area (Å²) in [6.07, 6.45) is 4.52. The monoisotopic (exact) mass is 122 g/mol. The van der Waals surface area contributed by atoms with E-state index in [1.165, 1.54) is 0 Å². The summed E-state index contributed by atoms with van der Waals surface area (Å²) in [6, 6.07) is 0. The molecule has 1 aliphatic heterocycles. The molecule has 0 unspecified atom stereocenters. The Hall–Kier alpha value is -1.19. The molecule has 0 atom stereocenters. The predicted molar refractivity (Wildman–Crippen MR) is 32.8 cm³/mol. The van der Waals surface area contributed by atoms with Crippen LogP contribution in [0, 0.1) is 0 Å². The zero-order valence-electron chi connectivity index (χ0n) is 4.86. The largest absolute Gasteiger partial charge is 0.240 e. The Bertz CT molecular complexity index is 237. The smallest absolute Gasteiger partial charge is 0.170 e. The lowest BCUT2D eigenvalue weighted by molar-refractivity contribution is 0.602. The molecule has 4 nitrogen and oxygen atoms in total. The first-order chi connectivity index (χ1) is 4.47. The number of hydrogen-bond acceptors (Lipinski definition) is 3. The average molecular weight is 122 g/mol. The van der Waals surface area contributed by atoms with Crippen LogP contribution in [0.25, 0.3) is 0 Å². The molecule has 9 heavy (non-hydrogen) atoms.